The number of halogens is 4. The lowest BCUT2D eigenvalue weighted by atomic mass is 9.95. The molecule has 13 heteroatoms. The topological polar surface area (TPSA) is 98.7 Å². The van der Waals surface area contributed by atoms with Crippen LogP contribution < -0.4 is 16.2 Å². The van der Waals surface area contributed by atoms with E-state index in [0.29, 0.717) is 3.57 Å². The van der Waals surface area contributed by atoms with Crippen LogP contribution in [0.3, 0.4) is 0 Å². The Bertz CT molecular complexity index is 1250. The minimum atomic E-state index is -4.63. The molecule has 1 unspecified atom stereocenters. The van der Waals surface area contributed by atoms with Crippen LogP contribution in [-0.2, 0) is 27.1 Å². The third-order valence-electron chi connectivity index (χ3n) is 6.81. The van der Waals surface area contributed by atoms with Crippen molar-refractivity contribution in [2.75, 3.05) is 5.32 Å². The van der Waals surface area contributed by atoms with E-state index in [-0.39, 0.29) is 12.3 Å². The van der Waals surface area contributed by atoms with E-state index in [1.807, 2.05) is 62.5 Å². The number of rotatable bonds is 10. The molecule has 2 rings (SSSR count). The number of hydrogen-bond donors (Lipinski definition) is 2. The number of nitrogens with zero attached hydrogens (tertiary/aromatic N) is 1. The molecule has 0 saturated heterocycles. The lowest BCUT2D eigenvalue weighted by Crippen LogP contribution is -2.63. The van der Waals surface area contributed by atoms with E-state index in [0.717, 1.165) is 10.1 Å². The highest BCUT2D eigenvalue weighted by atomic mass is 127. The van der Waals surface area contributed by atoms with Crippen LogP contribution >= 0.6 is 22.6 Å². The molecule has 1 heterocycles. The Morgan fingerprint density at radius 3 is 2.23 bits per heavy atom. The first kappa shape index (κ1) is 33.8. The molecule has 0 aliphatic heterocycles. The highest BCUT2D eigenvalue weighted by Gasteiger charge is 2.52. The molecule has 40 heavy (non-hydrogen) atoms. The standard InChI is InChI=1S/C27H37F3IN3O5Si/c1-18(2)26(17-27(28,29)30,39-40(6,7)25(3,4)5)33-22(35)15-34-14-20(31)13-21(23(34)36)32-24(37)38-16-19-11-9-8-10-12-19/h8-14,18H,15-17H2,1-7H3,(H,32,37)(H,33,35). The summed E-state index contributed by atoms with van der Waals surface area (Å²) in [4.78, 5) is 38.6. The SMILES string of the molecule is CC(C)C(CC(F)(F)F)(NC(=O)Cn1cc(I)cc(NC(=O)OCc2ccccc2)c1=O)O[Si](C)(C)C(C)(C)C. The maximum atomic E-state index is 13.8. The van der Waals surface area contributed by atoms with Crippen LogP contribution in [0.15, 0.2) is 47.4 Å². The predicted molar refractivity (Wildman–Crippen MR) is 158 cm³/mol. The van der Waals surface area contributed by atoms with Crippen molar-refractivity contribution in [1.29, 1.82) is 0 Å². The summed E-state index contributed by atoms with van der Waals surface area (Å²) in [6.07, 6.45) is -5.52. The Balaban J connectivity index is 2.29. The number of ether oxygens (including phenoxy) is 1. The Hall–Kier alpha value is -2.39. The molecule has 0 radical (unpaired) electrons. The normalized spacial score (nSPS) is 14.0. The molecule has 222 valence electrons. The fourth-order valence-corrected chi connectivity index (χ4v) is 5.81. The van der Waals surface area contributed by atoms with Gasteiger partial charge in [0.05, 0.1) is 6.42 Å². The Kier molecular flexibility index (Phi) is 11.0. The van der Waals surface area contributed by atoms with Gasteiger partial charge in [-0.15, -0.1) is 0 Å². The molecular formula is C27H37F3IN3O5Si. The van der Waals surface area contributed by atoms with Crippen molar-refractivity contribution in [2.24, 2.45) is 5.92 Å². The van der Waals surface area contributed by atoms with E-state index in [4.69, 9.17) is 9.16 Å². The van der Waals surface area contributed by atoms with Gasteiger partial charge < -0.3 is 19.0 Å². The van der Waals surface area contributed by atoms with Gasteiger partial charge in [-0.1, -0.05) is 65.0 Å². The van der Waals surface area contributed by atoms with Crippen LogP contribution in [0.25, 0.3) is 0 Å². The molecule has 8 nitrogen and oxygen atoms in total. The van der Waals surface area contributed by atoms with E-state index >= 15 is 0 Å². The summed E-state index contributed by atoms with van der Waals surface area (Å²) in [6, 6.07) is 10.4. The summed E-state index contributed by atoms with van der Waals surface area (Å²) in [6.45, 7) is 11.8. The molecule has 0 fully saturated rings. The van der Waals surface area contributed by atoms with Gasteiger partial charge in [0.1, 0.15) is 24.6 Å². The Morgan fingerprint density at radius 2 is 1.70 bits per heavy atom. The quantitative estimate of drug-likeness (QED) is 0.165. The number of pyridine rings is 1. The summed E-state index contributed by atoms with van der Waals surface area (Å²) >= 11 is 1.90. The van der Waals surface area contributed by atoms with Gasteiger partial charge in [0, 0.05) is 15.7 Å². The minimum absolute atomic E-state index is 0.0160. The number of aromatic nitrogens is 1. The Morgan fingerprint density at radius 1 is 1.10 bits per heavy atom. The highest BCUT2D eigenvalue weighted by Crippen LogP contribution is 2.43. The van der Waals surface area contributed by atoms with Crippen LogP contribution in [0, 0.1) is 9.49 Å². The van der Waals surface area contributed by atoms with E-state index in [1.165, 1.54) is 12.3 Å². The molecule has 0 spiro atoms. The smallest absolute Gasteiger partial charge is 0.412 e. The van der Waals surface area contributed by atoms with Gasteiger partial charge in [-0.2, -0.15) is 13.2 Å². The summed E-state index contributed by atoms with van der Waals surface area (Å²) < 4.78 is 54.3. The number of amides is 2. The molecule has 2 amide bonds. The van der Waals surface area contributed by atoms with Gasteiger partial charge in [0.2, 0.25) is 5.91 Å². The molecule has 2 N–H and O–H groups in total. The number of benzene rings is 1. The second kappa shape index (κ2) is 13.1. The van der Waals surface area contributed by atoms with Gasteiger partial charge in [-0.25, -0.2) is 4.79 Å². The molecule has 0 bridgehead atoms. The average molecular weight is 696 g/mol. The monoisotopic (exact) mass is 695 g/mol. The maximum Gasteiger partial charge on any atom is 0.412 e. The second-order valence-corrected chi connectivity index (χ2v) is 17.4. The highest BCUT2D eigenvalue weighted by molar-refractivity contribution is 14.1. The summed E-state index contributed by atoms with van der Waals surface area (Å²) in [5.41, 5.74) is -2.14. The minimum Gasteiger partial charge on any atom is -0.444 e. The van der Waals surface area contributed by atoms with E-state index in [2.05, 4.69) is 10.6 Å². The van der Waals surface area contributed by atoms with Crippen molar-refractivity contribution in [2.45, 2.75) is 84.2 Å². The van der Waals surface area contributed by atoms with Gasteiger partial charge in [-0.3, -0.25) is 14.9 Å². The molecule has 1 atom stereocenters. The number of anilines is 1. The predicted octanol–water partition coefficient (Wildman–Crippen LogP) is 6.64. The number of carbonyl (C=O) groups is 2. The van der Waals surface area contributed by atoms with E-state index in [9.17, 15) is 27.6 Å². The van der Waals surface area contributed by atoms with Crippen molar-refractivity contribution in [3.05, 3.63) is 62.1 Å². The van der Waals surface area contributed by atoms with Crippen LogP contribution in [0.1, 0.15) is 46.6 Å². The summed E-state index contributed by atoms with van der Waals surface area (Å²) in [5, 5.41) is 4.44. The zero-order valence-corrected chi connectivity index (χ0v) is 26.9. The molecule has 0 aliphatic rings. The average Bonchev–Trinajstić information content (AvgIpc) is 2.79. The first-order chi connectivity index (χ1) is 18.2. The number of carbonyl (C=O) groups excluding carboxylic acids is 2. The number of hydrogen-bond acceptors (Lipinski definition) is 5. The lowest BCUT2D eigenvalue weighted by Gasteiger charge is -2.48. The van der Waals surface area contributed by atoms with Crippen molar-refractivity contribution in [1.82, 2.24) is 9.88 Å². The van der Waals surface area contributed by atoms with Crippen molar-refractivity contribution in [3.8, 4) is 0 Å². The maximum absolute atomic E-state index is 13.8. The number of nitrogens with one attached hydrogen (secondary N) is 2. The van der Waals surface area contributed by atoms with Crippen molar-refractivity contribution >= 4 is 48.6 Å². The van der Waals surface area contributed by atoms with Crippen LogP contribution in [0.2, 0.25) is 18.1 Å². The molecule has 1 aromatic carbocycles. The van der Waals surface area contributed by atoms with Gasteiger partial charge in [-0.05, 0) is 52.4 Å². The third-order valence-corrected chi connectivity index (χ3v) is 11.9. The van der Waals surface area contributed by atoms with Crippen molar-refractivity contribution in [3.63, 3.8) is 0 Å². The van der Waals surface area contributed by atoms with Crippen LogP contribution in [0.4, 0.5) is 23.7 Å². The van der Waals surface area contributed by atoms with Gasteiger partial charge in [0.15, 0.2) is 8.32 Å². The largest absolute Gasteiger partial charge is 0.444 e. The van der Waals surface area contributed by atoms with E-state index in [1.54, 1.807) is 38.1 Å². The first-order valence-electron chi connectivity index (χ1n) is 12.7. The Labute approximate surface area is 247 Å². The fourth-order valence-electron chi connectivity index (χ4n) is 3.58. The second-order valence-electron chi connectivity index (χ2n) is 11.4. The molecule has 0 saturated carbocycles. The molecule has 2 aromatic rings. The lowest BCUT2D eigenvalue weighted by molar-refractivity contribution is -0.190. The van der Waals surface area contributed by atoms with E-state index < -0.39 is 61.7 Å². The molecule has 0 aliphatic carbocycles. The first-order valence-corrected chi connectivity index (χ1v) is 16.7. The third kappa shape index (κ3) is 9.61. The van der Waals surface area contributed by atoms with Crippen LogP contribution in [-0.4, -0.2) is 36.8 Å². The fraction of sp³-hybridized carbons (Fsp3) is 0.519. The zero-order chi connectivity index (χ0) is 30.5. The van der Waals surface area contributed by atoms with Gasteiger partial charge in [0.25, 0.3) is 5.56 Å². The van der Waals surface area contributed by atoms with Crippen LogP contribution in [0.5, 0.6) is 0 Å². The molecule has 1 aromatic heterocycles. The summed E-state index contributed by atoms with van der Waals surface area (Å²) in [7, 11) is -2.79. The van der Waals surface area contributed by atoms with Crippen molar-refractivity contribution < 1.29 is 31.9 Å². The number of alkyl halides is 3. The zero-order valence-electron chi connectivity index (χ0n) is 23.7. The molecular weight excluding hydrogens is 658 g/mol. The van der Waals surface area contributed by atoms with Gasteiger partial charge >= 0.3 is 12.3 Å². The summed E-state index contributed by atoms with van der Waals surface area (Å²) in [5.74, 6) is -1.57.